The summed E-state index contributed by atoms with van der Waals surface area (Å²) in [5, 5.41) is 13.0. The van der Waals surface area contributed by atoms with Crippen molar-refractivity contribution in [2.24, 2.45) is 0 Å². The van der Waals surface area contributed by atoms with E-state index in [4.69, 9.17) is 4.74 Å². The molecule has 0 unspecified atom stereocenters. The fraction of sp³-hybridized carbons (Fsp3) is 0.257. The van der Waals surface area contributed by atoms with Gasteiger partial charge in [0.1, 0.15) is 0 Å². The molecule has 0 bridgehead atoms. The van der Waals surface area contributed by atoms with Crippen molar-refractivity contribution in [2.75, 3.05) is 6.61 Å². The molecule has 1 aliphatic carbocycles. The maximum atomic E-state index is 14.3. The number of aliphatic hydroxyl groups is 1. The molecule has 2 aromatic heterocycles. The highest BCUT2D eigenvalue weighted by Gasteiger charge is 2.40. The van der Waals surface area contributed by atoms with E-state index in [1.165, 1.54) is 0 Å². The third-order valence-electron chi connectivity index (χ3n) is 7.99. The molecule has 0 spiro atoms. The lowest BCUT2D eigenvalue weighted by Gasteiger charge is -2.24. The molecular formula is C35H36N2O4. The van der Waals surface area contributed by atoms with E-state index in [0.29, 0.717) is 17.5 Å². The van der Waals surface area contributed by atoms with Gasteiger partial charge in [-0.05, 0) is 46.2 Å². The minimum Gasteiger partial charge on any atom is -0.504 e. The standard InChI is InChI=1S/C35H36N2O4/c1-8-19-41-33-29(25-21-37(35(6,7)10-3)27-18-14-12-16-23(25)27)31(39)30(38)28(32(33)40)24-20-36(34(4,5)9-2)26-17-13-11-15-22(24)26/h9-18,20-21,38H,2-3,8,19H2,1,4-7H3. The fourth-order valence-electron chi connectivity index (χ4n) is 5.41. The number of para-hydroxylation sites is 2. The first-order valence-corrected chi connectivity index (χ1v) is 13.9. The lowest BCUT2D eigenvalue weighted by Crippen LogP contribution is -2.25. The van der Waals surface area contributed by atoms with E-state index in [1.54, 1.807) is 0 Å². The Kier molecular flexibility index (Phi) is 6.90. The Labute approximate surface area is 240 Å². The lowest BCUT2D eigenvalue weighted by atomic mass is 9.86. The number of hydrogen-bond donors (Lipinski definition) is 1. The van der Waals surface area contributed by atoms with Gasteiger partial charge in [0.05, 0.1) is 28.8 Å². The quantitative estimate of drug-likeness (QED) is 0.172. The van der Waals surface area contributed by atoms with Crippen molar-refractivity contribution in [3.8, 4) is 0 Å². The second-order valence-corrected chi connectivity index (χ2v) is 11.5. The predicted molar refractivity (Wildman–Crippen MR) is 166 cm³/mol. The normalized spacial score (nSPS) is 14.9. The van der Waals surface area contributed by atoms with Crippen LogP contribution in [0.15, 0.2) is 97.8 Å². The van der Waals surface area contributed by atoms with Crippen molar-refractivity contribution in [1.82, 2.24) is 9.13 Å². The maximum absolute atomic E-state index is 14.3. The molecule has 0 saturated carbocycles. The molecule has 6 nitrogen and oxygen atoms in total. The Morgan fingerprint density at radius 1 is 0.780 bits per heavy atom. The molecule has 0 atom stereocenters. The first kappa shape index (κ1) is 28.0. The topological polar surface area (TPSA) is 73.5 Å². The van der Waals surface area contributed by atoms with E-state index >= 15 is 0 Å². The number of carbonyl (C=O) groups excluding carboxylic acids is 2. The maximum Gasteiger partial charge on any atom is 0.232 e. The highest BCUT2D eigenvalue weighted by Crippen LogP contribution is 2.42. The number of benzene rings is 2. The summed E-state index contributed by atoms with van der Waals surface area (Å²) in [4.78, 5) is 28.5. The van der Waals surface area contributed by atoms with Crippen LogP contribution in [-0.4, -0.2) is 32.4 Å². The Balaban J connectivity index is 1.78. The van der Waals surface area contributed by atoms with E-state index < -0.39 is 28.4 Å². The van der Waals surface area contributed by atoms with Gasteiger partial charge in [-0.2, -0.15) is 0 Å². The van der Waals surface area contributed by atoms with Gasteiger partial charge in [0.15, 0.2) is 11.5 Å². The Morgan fingerprint density at radius 3 is 1.71 bits per heavy atom. The lowest BCUT2D eigenvalue weighted by molar-refractivity contribution is -0.117. The zero-order valence-electron chi connectivity index (χ0n) is 24.3. The van der Waals surface area contributed by atoms with E-state index in [9.17, 15) is 14.7 Å². The second kappa shape index (κ2) is 10.1. The van der Waals surface area contributed by atoms with Crippen LogP contribution in [0.25, 0.3) is 33.0 Å². The van der Waals surface area contributed by atoms with Gasteiger partial charge in [0.2, 0.25) is 11.6 Å². The number of fused-ring (bicyclic) bond motifs is 2. The third-order valence-corrected chi connectivity index (χ3v) is 7.99. The van der Waals surface area contributed by atoms with Gasteiger partial charge in [-0.15, -0.1) is 13.2 Å². The molecule has 5 rings (SSSR count). The van der Waals surface area contributed by atoms with Crippen LogP contribution in [0, 0.1) is 0 Å². The smallest absolute Gasteiger partial charge is 0.232 e. The van der Waals surface area contributed by atoms with Gasteiger partial charge in [-0.25, -0.2) is 0 Å². The number of carbonyl (C=O) groups is 2. The number of nitrogens with zero attached hydrogens (tertiary/aromatic N) is 2. The first-order chi connectivity index (χ1) is 19.5. The summed E-state index contributed by atoms with van der Waals surface area (Å²) in [5.41, 5.74) is 1.77. The number of ketones is 2. The second-order valence-electron chi connectivity index (χ2n) is 11.5. The Hall–Kier alpha value is -4.58. The summed E-state index contributed by atoms with van der Waals surface area (Å²) in [6, 6.07) is 15.3. The Morgan fingerprint density at radius 2 is 1.24 bits per heavy atom. The highest BCUT2D eigenvalue weighted by atomic mass is 16.5. The molecule has 0 saturated heterocycles. The highest BCUT2D eigenvalue weighted by molar-refractivity contribution is 6.48. The molecule has 0 amide bonds. The molecule has 4 aromatic rings. The van der Waals surface area contributed by atoms with Crippen LogP contribution in [0.2, 0.25) is 0 Å². The Bertz CT molecular complexity index is 1810. The molecule has 210 valence electrons. The molecule has 6 heteroatoms. The summed E-state index contributed by atoms with van der Waals surface area (Å²) >= 11 is 0. The summed E-state index contributed by atoms with van der Waals surface area (Å²) in [7, 11) is 0. The van der Waals surface area contributed by atoms with Gasteiger partial charge in [-0.1, -0.05) is 55.5 Å². The molecule has 1 N–H and O–H groups in total. The fourth-order valence-corrected chi connectivity index (χ4v) is 5.41. The number of rotatable bonds is 9. The number of allylic oxidation sites excluding steroid dienone is 4. The molecule has 41 heavy (non-hydrogen) atoms. The SMILES string of the molecule is C=CC(C)(C)n1cc(C2=C(O)C(=O)C(c3cn(C(C)(C)C=C)c4ccccc34)=C(OCCC)C2=O)c2ccccc21. The molecular weight excluding hydrogens is 512 g/mol. The zero-order chi connectivity index (χ0) is 29.7. The molecule has 2 aromatic carbocycles. The van der Waals surface area contributed by atoms with E-state index in [0.717, 1.165) is 21.8 Å². The molecule has 0 aliphatic heterocycles. The average Bonchev–Trinajstić information content (AvgIpc) is 3.55. The average molecular weight is 549 g/mol. The van der Waals surface area contributed by atoms with E-state index in [1.807, 2.05) is 117 Å². The van der Waals surface area contributed by atoms with Crippen molar-refractivity contribution in [2.45, 2.75) is 52.1 Å². The summed E-state index contributed by atoms with van der Waals surface area (Å²) in [5.74, 6) is -1.81. The van der Waals surface area contributed by atoms with Gasteiger partial charge in [0.25, 0.3) is 0 Å². The van der Waals surface area contributed by atoms with Crippen LogP contribution < -0.4 is 0 Å². The van der Waals surface area contributed by atoms with Crippen LogP contribution >= 0.6 is 0 Å². The van der Waals surface area contributed by atoms with Crippen molar-refractivity contribution >= 4 is 44.5 Å². The number of ether oxygens (including phenoxy) is 1. The van der Waals surface area contributed by atoms with Crippen molar-refractivity contribution in [1.29, 1.82) is 0 Å². The molecule has 0 radical (unpaired) electrons. The van der Waals surface area contributed by atoms with Gasteiger partial charge in [0, 0.05) is 45.3 Å². The zero-order valence-corrected chi connectivity index (χ0v) is 24.3. The summed E-state index contributed by atoms with van der Waals surface area (Å²) in [6.45, 7) is 18.2. The van der Waals surface area contributed by atoms with Crippen LogP contribution in [-0.2, 0) is 25.4 Å². The van der Waals surface area contributed by atoms with E-state index in [2.05, 4.69) is 13.2 Å². The van der Waals surface area contributed by atoms with Crippen molar-refractivity contribution in [3.05, 3.63) is 109 Å². The number of aliphatic hydroxyl groups excluding tert-OH is 1. The van der Waals surface area contributed by atoms with Crippen LogP contribution in [0.5, 0.6) is 0 Å². The number of hydrogen-bond acceptors (Lipinski definition) is 4. The predicted octanol–water partition coefficient (Wildman–Crippen LogP) is 7.70. The van der Waals surface area contributed by atoms with Crippen molar-refractivity contribution < 1.29 is 19.4 Å². The van der Waals surface area contributed by atoms with Gasteiger partial charge in [-0.3, -0.25) is 9.59 Å². The van der Waals surface area contributed by atoms with E-state index in [-0.39, 0.29) is 23.5 Å². The monoisotopic (exact) mass is 548 g/mol. The largest absolute Gasteiger partial charge is 0.504 e. The third kappa shape index (κ3) is 4.34. The van der Waals surface area contributed by atoms with Gasteiger partial charge >= 0.3 is 0 Å². The minimum atomic E-state index is -0.648. The summed E-state index contributed by atoms with van der Waals surface area (Å²) in [6.07, 6.45) is 7.94. The van der Waals surface area contributed by atoms with Crippen molar-refractivity contribution in [3.63, 3.8) is 0 Å². The molecule has 1 aliphatic rings. The van der Waals surface area contributed by atoms with Crippen LogP contribution in [0.1, 0.15) is 52.2 Å². The number of aromatic nitrogens is 2. The summed E-state index contributed by atoms with van der Waals surface area (Å²) < 4.78 is 10.1. The van der Waals surface area contributed by atoms with Crippen LogP contribution in [0.3, 0.4) is 0 Å². The first-order valence-electron chi connectivity index (χ1n) is 13.9. The number of Topliss-reactive ketones (excluding diaryl/α,β-unsaturated/α-hetero) is 2. The molecule has 2 heterocycles. The van der Waals surface area contributed by atoms with Gasteiger partial charge < -0.3 is 19.0 Å². The molecule has 0 fully saturated rings. The minimum absolute atomic E-state index is 0.0521. The van der Waals surface area contributed by atoms with Crippen LogP contribution in [0.4, 0.5) is 0 Å².